The van der Waals surface area contributed by atoms with Gasteiger partial charge in [-0.15, -0.1) is 0 Å². The first-order chi connectivity index (χ1) is 18.9. The second-order valence-electron chi connectivity index (χ2n) is 10.5. The lowest BCUT2D eigenvalue weighted by Gasteiger charge is -2.36. The van der Waals surface area contributed by atoms with Crippen LogP contribution in [0.1, 0.15) is 11.1 Å². The smallest absolute Gasteiger partial charge is 0.318 e. The third kappa shape index (κ3) is 1.59. The van der Waals surface area contributed by atoms with Gasteiger partial charge < -0.3 is 4.74 Å². The molecule has 174 valence electrons. The minimum absolute atomic E-state index is 0.620. The summed E-state index contributed by atoms with van der Waals surface area (Å²) in [5.41, 5.74) is 6.51. The molecule has 5 aromatic heterocycles. The monoisotopic (exact) mass is 487 g/mol. The summed E-state index contributed by atoms with van der Waals surface area (Å²) in [5, 5.41) is 6.06. The first-order valence-electron chi connectivity index (χ1n) is 12.9. The molecule has 0 saturated heterocycles. The summed E-state index contributed by atoms with van der Waals surface area (Å²) in [6.07, 6.45) is 10.5. The van der Waals surface area contributed by atoms with Crippen molar-refractivity contribution in [3.8, 4) is 17.3 Å². The number of benzene rings is 3. The van der Waals surface area contributed by atoms with Crippen LogP contribution >= 0.6 is 0 Å². The Labute approximate surface area is 214 Å². The molecule has 11 rings (SSSR count). The van der Waals surface area contributed by atoms with Crippen LogP contribution in [0.15, 0.2) is 104 Å². The van der Waals surface area contributed by atoms with E-state index in [1.165, 1.54) is 49.4 Å². The van der Waals surface area contributed by atoms with Gasteiger partial charge in [-0.25, -0.2) is 0 Å². The molecule has 8 heterocycles. The average molecular weight is 488 g/mol. The lowest BCUT2D eigenvalue weighted by Crippen LogP contribution is -2.75. The van der Waals surface area contributed by atoms with Crippen molar-refractivity contribution in [2.75, 3.05) is 0 Å². The van der Waals surface area contributed by atoms with Crippen LogP contribution in [-0.2, 0) is 5.66 Å². The van der Waals surface area contributed by atoms with Crippen molar-refractivity contribution >= 4 is 49.1 Å². The number of nitrogens with zero attached hydrogens (tertiary/aromatic N) is 5. The molecule has 0 aliphatic carbocycles. The van der Waals surface area contributed by atoms with Gasteiger partial charge in [-0.2, -0.15) is 18.1 Å². The predicted molar refractivity (Wildman–Crippen MR) is 143 cm³/mol. The maximum absolute atomic E-state index is 6.78. The molecular formula is C32H17N5O+2. The average Bonchev–Trinajstić information content (AvgIpc) is 3.65. The number of pyridine rings is 3. The SMILES string of the molecule is c1cc[n+]2c(c1)-n1c3ccccc3c3ccc4c(c31)C21c2c(ccc3c5cnccc5n5cc[n+]1c5c23)O4. The van der Waals surface area contributed by atoms with Crippen molar-refractivity contribution in [3.05, 3.63) is 115 Å². The van der Waals surface area contributed by atoms with E-state index in [1.54, 1.807) is 0 Å². The van der Waals surface area contributed by atoms with Crippen LogP contribution in [0, 0.1) is 0 Å². The Balaban J connectivity index is 1.50. The van der Waals surface area contributed by atoms with Gasteiger partial charge in [0.1, 0.15) is 46.1 Å². The highest BCUT2D eigenvalue weighted by molar-refractivity contribution is 6.15. The molecule has 0 fully saturated rings. The number of ether oxygens (including phenoxy) is 1. The second kappa shape index (κ2) is 5.53. The highest BCUT2D eigenvalue weighted by atomic mass is 16.5. The van der Waals surface area contributed by atoms with Gasteiger partial charge in [-0.05, 0) is 42.5 Å². The van der Waals surface area contributed by atoms with Crippen molar-refractivity contribution in [1.29, 1.82) is 0 Å². The van der Waals surface area contributed by atoms with E-state index in [9.17, 15) is 0 Å². The van der Waals surface area contributed by atoms with Crippen LogP contribution in [0.4, 0.5) is 0 Å². The van der Waals surface area contributed by atoms with Crippen LogP contribution < -0.4 is 13.9 Å². The standard InChI is InChI=1S/C32H17N5O/c1-2-6-23-18(5-1)20-9-11-25-29-30(20)37(23)26-7-3-4-14-35(26)32(29)28-24(38-25)10-8-19-21-17-33-13-12-22(21)34-15-16-36(32)31(34)27(19)28/h1-17H/q+2. The van der Waals surface area contributed by atoms with Crippen LogP contribution in [0.25, 0.3) is 54.9 Å². The zero-order chi connectivity index (χ0) is 24.3. The van der Waals surface area contributed by atoms with Crippen LogP contribution in [0.5, 0.6) is 11.5 Å². The molecule has 3 aliphatic rings. The Bertz CT molecular complexity index is 2450. The Kier molecular flexibility index (Phi) is 2.63. The van der Waals surface area contributed by atoms with Crippen molar-refractivity contribution in [3.63, 3.8) is 0 Å². The van der Waals surface area contributed by atoms with E-state index in [0.717, 1.165) is 28.2 Å². The fourth-order valence-electron chi connectivity index (χ4n) is 7.79. The van der Waals surface area contributed by atoms with Gasteiger partial charge in [0.05, 0.1) is 11.6 Å². The van der Waals surface area contributed by atoms with Gasteiger partial charge in [0, 0.05) is 46.1 Å². The number of rotatable bonds is 0. The molecule has 1 unspecified atom stereocenters. The minimum atomic E-state index is -0.620. The Hall–Kier alpha value is -5.23. The van der Waals surface area contributed by atoms with E-state index in [4.69, 9.17) is 4.74 Å². The van der Waals surface area contributed by atoms with Gasteiger partial charge in [0.25, 0.3) is 11.5 Å². The van der Waals surface area contributed by atoms with Gasteiger partial charge in [-0.1, -0.05) is 18.2 Å². The molecule has 6 heteroatoms. The Morgan fingerprint density at radius 3 is 2.55 bits per heavy atom. The van der Waals surface area contributed by atoms with E-state index in [0.29, 0.717) is 0 Å². The fourth-order valence-corrected chi connectivity index (χ4v) is 7.79. The molecule has 8 aromatic rings. The second-order valence-corrected chi connectivity index (χ2v) is 10.5. The molecular weight excluding hydrogens is 470 g/mol. The first kappa shape index (κ1) is 18.1. The topological polar surface area (TPSA) is 39.2 Å². The molecule has 6 nitrogen and oxygen atoms in total. The van der Waals surface area contributed by atoms with Crippen molar-refractivity contribution in [1.82, 2.24) is 14.0 Å². The molecule has 0 bridgehead atoms. The summed E-state index contributed by atoms with van der Waals surface area (Å²) < 4.78 is 16.4. The van der Waals surface area contributed by atoms with E-state index < -0.39 is 5.66 Å². The molecule has 38 heavy (non-hydrogen) atoms. The highest BCUT2D eigenvalue weighted by Crippen LogP contribution is 2.56. The molecule has 0 saturated carbocycles. The normalized spacial score (nSPS) is 17.8. The summed E-state index contributed by atoms with van der Waals surface area (Å²) >= 11 is 0. The number of para-hydroxylation sites is 1. The summed E-state index contributed by atoms with van der Waals surface area (Å²) in [7, 11) is 0. The third-order valence-electron chi connectivity index (χ3n) is 9.04. The number of imidazole rings is 1. The predicted octanol–water partition coefficient (Wildman–Crippen LogP) is 5.34. The van der Waals surface area contributed by atoms with Crippen LogP contribution in [-0.4, -0.2) is 14.0 Å². The Morgan fingerprint density at radius 1 is 0.711 bits per heavy atom. The maximum atomic E-state index is 6.78. The first-order valence-corrected chi connectivity index (χ1v) is 12.9. The molecule has 1 spiro atoms. The van der Waals surface area contributed by atoms with E-state index in [-0.39, 0.29) is 0 Å². The summed E-state index contributed by atoms with van der Waals surface area (Å²) in [4.78, 5) is 4.50. The van der Waals surface area contributed by atoms with E-state index in [2.05, 4.69) is 114 Å². The summed E-state index contributed by atoms with van der Waals surface area (Å²) in [6.45, 7) is 0. The number of fused-ring (bicyclic) bond motifs is 8. The van der Waals surface area contributed by atoms with Gasteiger partial charge >= 0.3 is 5.66 Å². The Morgan fingerprint density at radius 2 is 1.58 bits per heavy atom. The van der Waals surface area contributed by atoms with Crippen LogP contribution in [0.3, 0.4) is 0 Å². The number of hydrogen-bond donors (Lipinski definition) is 0. The van der Waals surface area contributed by atoms with Crippen LogP contribution in [0.2, 0.25) is 0 Å². The summed E-state index contributed by atoms with van der Waals surface area (Å²) in [5.74, 6) is 2.95. The largest absolute Gasteiger partial charge is 0.456 e. The molecule has 0 amide bonds. The van der Waals surface area contributed by atoms with Gasteiger partial charge in [0.15, 0.2) is 5.52 Å². The zero-order valence-electron chi connectivity index (χ0n) is 20.0. The van der Waals surface area contributed by atoms with Gasteiger partial charge in [-0.3, -0.25) is 4.98 Å². The molecule has 1 atom stereocenters. The molecule has 0 radical (unpaired) electrons. The third-order valence-corrected chi connectivity index (χ3v) is 9.04. The molecule has 3 aliphatic heterocycles. The quantitative estimate of drug-likeness (QED) is 0.214. The minimum Gasteiger partial charge on any atom is -0.456 e. The lowest BCUT2D eigenvalue weighted by molar-refractivity contribution is -0.956. The number of aromatic nitrogens is 5. The fraction of sp³-hybridized carbons (Fsp3) is 0.0312. The van der Waals surface area contributed by atoms with E-state index >= 15 is 0 Å². The van der Waals surface area contributed by atoms with Crippen molar-refractivity contribution in [2.45, 2.75) is 5.66 Å². The van der Waals surface area contributed by atoms with E-state index in [1.807, 2.05) is 12.4 Å². The highest BCUT2D eigenvalue weighted by Gasteiger charge is 2.64. The molecule has 3 aromatic carbocycles. The zero-order valence-corrected chi connectivity index (χ0v) is 20.0. The van der Waals surface area contributed by atoms with Crippen molar-refractivity contribution < 1.29 is 13.9 Å². The molecule has 0 N–H and O–H groups in total. The number of hydrogen-bond acceptors (Lipinski definition) is 2. The van der Waals surface area contributed by atoms with Crippen molar-refractivity contribution in [2.24, 2.45) is 0 Å². The summed E-state index contributed by atoms with van der Waals surface area (Å²) in [6, 6.07) is 26.1. The lowest BCUT2D eigenvalue weighted by atomic mass is 9.83. The maximum Gasteiger partial charge on any atom is 0.318 e. The van der Waals surface area contributed by atoms with Gasteiger partial charge in [0.2, 0.25) is 0 Å².